The predicted molar refractivity (Wildman–Crippen MR) is 124 cm³/mol. The van der Waals surface area contributed by atoms with Gasteiger partial charge in [0.05, 0.1) is 13.2 Å². The normalized spacial score (nSPS) is 15.6. The summed E-state index contributed by atoms with van der Waals surface area (Å²) >= 11 is 0. The number of ether oxygens (including phenoxy) is 1. The fourth-order valence-electron chi connectivity index (χ4n) is 3.45. The quantitative estimate of drug-likeness (QED) is 0.318. The van der Waals surface area contributed by atoms with E-state index in [2.05, 4.69) is 48.9 Å². The fourth-order valence-corrected chi connectivity index (χ4v) is 3.45. The molecule has 2 aromatic rings. The summed E-state index contributed by atoms with van der Waals surface area (Å²) in [5.74, 6) is 2.76. The van der Waals surface area contributed by atoms with Crippen LogP contribution in [-0.2, 0) is 6.54 Å². The van der Waals surface area contributed by atoms with Gasteiger partial charge in [-0.1, -0.05) is 17.3 Å². The van der Waals surface area contributed by atoms with Crippen molar-refractivity contribution in [3.63, 3.8) is 0 Å². The number of likely N-dealkylation sites (tertiary alicyclic amines) is 1. The van der Waals surface area contributed by atoms with Crippen molar-refractivity contribution in [2.75, 3.05) is 33.3 Å². The number of aromatic nitrogens is 2. The highest BCUT2D eigenvalue weighted by Crippen LogP contribution is 2.27. The van der Waals surface area contributed by atoms with Gasteiger partial charge in [-0.05, 0) is 57.5 Å². The zero-order valence-electron chi connectivity index (χ0n) is 17.4. The molecule has 1 aromatic carbocycles. The molecule has 0 radical (unpaired) electrons. The molecule has 1 aliphatic rings. The number of aryl methyl sites for hydroxylation is 1. The van der Waals surface area contributed by atoms with Crippen LogP contribution in [-0.4, -0.2) is 54.3 Å². The maximum atomic E-state index is 5.42. The zero-order chi connectivity index (χ0) is 19.8. The first-order valence-electron chi connectivity index (χ1n) is 9.89. The number of rotatable bonds is 8. The molecule has 0 bridgehead atoms. The molecule has 2 heterocycles. The number of methoxy groups -OCH3 is 1. The fraction of sp³-hybridized carbons (Fsp3) is 0.550. The third-order valence-electron chi connectivity index (χ3n) is 4.81. The molecule has 0 amide bonds. The molecule has 29 heavy (non-hydrogen) atoms. The highest BCUT2D eigenvalue weighted by Gasteiger charge is 2.24. The monoisotopic (exact) mass is 514 g/mol. The van der Waals surface area contributed by atoms with E-state index in [9.17, 15) is 0 Å². The van der Waals surface area contributed by atoms with Crippen LogP contribution >= 0.6 is 24.0 Å². The summed E-state index contributed by atoms with van der Waals surface area (Å²) in [4.78, 5) is 11.3. The lowest BCUT2D eigenvalue weighted by molar-refractivity contribution is 0.245. The van der Waals surface area contributed by atoms with E-state index in [-0.39, 0.29) is 30.0 Å². The van der Waals surface area contributed by atoms with Crippen LogP contribution in [0.5, 0.6) is 5.75 Å². The van der Waals surface area contributed by atoms with Gasteiger partial charge in [0.1, 0.15) is 12.3 Å². The minimum Gasteiger partial charge on any atom is -0.497 e. The van der Waals surface area contributed by atoms with Crippen molar-refractivity contribution < 1.29 is 9.26 Å². The van der Waals surface area contributed by atoms with Crippen LogP contribution in [0.2, 0.25) is 0 Å². The lowest BCUT2D eigenvalue weighted by Crippen LogP contribution is -2.42. The Labute approximate surface area is 189 Å². The molecule has 0 spiro atoms. The predicted octanol–water partition coefficient (Wildman–Crippen LogP) is 2.90. The van der Waals surface area contributed by atoms with Crippen LogP contribution in [0.1, 0.15) is 43.1 Å². The molecule has 160 valence electrons. The largest absolute Gasteiger partial charge is 0.497 e. The maximum absolute atomic E-state index is 5.42. The van der Waals surface area contributed by atoms with Crippen LogP contribution in [0.25, 0.3) is 0 Å². The Bertz CT molecular complexity index is 776. The topological polar surface area (TPSA) is 87.8 Å². The number of guanidine groups is 1. The molecule has 1 aromatic heterocycles. The van der Waals surface area contributed by atoms with Crippen molar-refractivity contribution in [3.05, 3.63) is 41.5 Å². The van der Waals surface area contributed by atoms with Gasteiger partial charge in [-0.3, -0.25) is 4.90 Å². The van der Waals surface area contributed by atoms with Crippen LogP contribution in [0.4, 0.5) is 0 Å². The Morgan fingerprint density at radius 1 is 1.31 bits per heavy atom. The van der Waals surface area contributed by atoms with Gasteiger partial charge in [-0.25, -0.2) is 4.99 Å². The summed E-state index contributed by atoms with van der Waals surface area (Å²) in [6, 6.07) is 8.57. The molecule has 1 fully saturated rings. The number of aliphatic imine (C=N–C) groups is 1. The van der Waals surface area contributed by atoms with Gasteiger partial charge in [0, 0.05) is 13.1 Å². The Hall–Kier alpha value is -1.88. The summed E-state index contributed by atoms with van der Waals surface area (Å²) in [6.45, 7) is 7.95. The molecule has 3 rings (SSSR count). The number of nitrogens with zero attached hydrogens (tertiary/aromatic N) is 4. The summed E-state index contributed by atoms with van der Waals surface area (Å²) in [7, 11) is 1.71. The lowest BCUT2D eigenvalue weighted by Gasteiger charge is -2.29. The van der Waals surface area contributed by atoms with Crippen molar-refractivity contribution in [1.82, 2.24) is 25.7 Å². The Morgan fingerprint density at radius 3 is 2.76 bits per heavy atom. The first kappa shape index (κ1) is 23.4. The average molecular weight is 514 g/mol. The molecule has 1 saturated heterocycles. The Kier molecular flexibility index (Phi) is 9.65. The molecule has 1 aliphatic heterocycles. The van der Waals surface area contributed by atoms with E-state index in [1.165, 1.54) is 18.4 Å². The standard InChI is InChI=1S/C20H30N6O2.HI/c1-4-21-20(23-14-19-24-15(2)25-28-19)22-13-18(26-10-5-6-11-26)16-8-7-9-17(12-16)27-3;/h7-9,12,18H,4-6,10-11,13-14H2,1-3H3,(H2,21,22,23);1H. The summed E-state index contributed by atoms with van der Waals surface area (Å²) in [5, 5.41) is 10.6. The average Bonchev–Trinajstić information content (AvgIpc) is 3.38. The summed E-state index contributed by atoms with van der Waals surface area (Å²) in [6.07, 6.45) is 2.48. The van der Waals surface area contributed by atoms with Crippen LogP contribution in [0, 0.1) is 6.92 Å². The molecular weight excluding hydrogens is 483 g/mol. The first-order chi connectivity index (χ1) is 13.7. The Morgan fingerprint density at radius 2 is 2.10 bits per heavy atom. The van der Waals surface area contributed by atoms with Gasteiger partial charge in [0.25, 0.3) is 0 Å². The summed E-state index contributed by atoms with van der Waals surface area (Å²) < 4.78 is 10.6. The SMILES string of the molecule is CCNC(=NCc1nc(C)no1)NCC(c1cccc(OC)c1)N1CCCC1.I. The van der Waals surface area contributed by atoms with E-state index in [1.807, 2.05) is 13.0 Å². The van der Waals surface area contributed by atoms with Crippen molar-refractivity contribution in [1.29, 1.82) is 0 Å². The minimum atomic E-state index is 0. The number of hydrogen-bond acceptors (Lipinski definition) is 6. The summed E-state index contributed by atoms with van der Waals surface area (Å²) in [5.41, 5.74) is 1.25. The van der Waals surface area contributed by atoms with Gasteiger partial charge in [-0.15, -0.1) is 24.0 Å². The third kappa shape index (κ3) is 6.84. The van der Waals surface area contributed by atoms with Gasteiger partial charge < -0.3 is 19.9 Å². The second-order valence-corrected chi connectivity index (χ2v) is 6.85. The number of benzene rings is 1. The highest BCUT2D eigenvalue weighted by molar-refractivity contribution is 14.0. The molecule has 9 heteroatoms. The van der Waals surface area contributed by atoms with Crippen LogP contribution in [0.3, 0.4) is 0 Å². The van der Waals surface area contributed by atoms with Gasteiger partial charge in [0.2, 0.25) is 5.89 Å². The van der Waals surface area contributed by atoms with Crippen molar-refractivity contribution in [2.45, 2.75) is 39.3 Å². The molecule has 1 unspecified atom stereocenters. The van der Waals surface area contributed by atoms with E-state index in [4.69, 9.17) is 9.26 Å². The van der Waals surface area contributed by atoms with Crippen molar-refractivity contribution >= 4 is 29.9 Å². The minimum absolute atomic E-state index is 0. The van der Waals surface area contributed by atoms with Crippen LogP contribution < -0.4 is 15.4 Å². The van der Waals surface area contributed by atoms with Gasteiger partial charge in [-0.2, -0.15) is 4.98 Å². The second kappa shape index (κ2) is 12.0. The van der Waals surface area contributed by atoms with Gasteiger partial charge in [0.15, 0.2) is 11.8 Å². The van der Waals surface area contributed by atoms with E-state index < -0.39 is 0 Å². The molecular formula is C20H31IN6O2. The number of halogens is 1. The van der Waals surface area contributed by atoms with E-state index in [1.54, 1.807) is 14.0 Å². The highest BCUT2D eigenvalue weighted by atomic mass is 127. The lowest BCUT2D eigenvalue weighted by atomic mass is 10.1. The molecule has 8 nitrogen and oxygen atoms in total. The first-order valence-corrected chi connectivity index (χ1v) is 9.89. The smallest absolute Gasteiger partial charge is 0.248 e. The Balaban J connectivity index is 0.00000300. The van der Waals surface area contributed by atoms with Crippen LogP contribution in [0.15, 0.2) is 33.8 Å². The zero-order valence-corrected chi connectivity index (χ0v) is 19.7. The van der Waals surface area contributed by atoms with Crippen molar-refractivity contribution in [2.24, 2.45) is 4.99 Å². The molecule has 0 aliphatic carbocycles. The van der Waals surface area contributed by atoms with Crippen molar-refractivity contribution in [3.8, 4) is 5.75 Å². The second-order valence-electron chi connectivity index (χ2n) is 6.85. The van der Waals surface area contributed by atoms with E-state index in [0.29, 0.717) is 18.3 Å². The van der Waals surface area contributed by atoms with E-state index in [0.717, 1.165) is 37.9 Å². The molecule has 0 saturated carbocycles. The maximum Gasteiger partial charge on any atom is 0.248 e. The van der Waals surface area contributed by atoms with E-state index >= 15 is 0 Å². The van der Waals surface area contributed by atoms with Gasteiger partial charge >= 0.3 is 0 Å². The molecule has 2 N–H and O–H groups in total. The number of nitrogens with one attached hydrogen (secondary N) is 2. The number of hydrogen-bond donors (Lipinski definition) is 2. The molecule has 1 atom stereocenters. The third-order valence-corrected chi connectivity index (χ3v) is 4.81.